The summed E-state index contributed by atoms with van der Waals surface area (Å²) in [5, 5.41) is 34.5. The van der Waals surface area contributed by atoms with E-state index in [1.54, 1.807) is 0 Å². The fraction of sp³-hybridized carbons (Fsp3) is 0.200. The summed E-state index contributed by atoms with van der Waals surface area (Å²) in [6.07, 6.45) is -36.8. The standard InChI is InChI=1S/C30H6F18N4/c31-25(32,33)13-1-19(27(37,38)39)23(20(2-13)28(40,41)42)17-5-16(12(9-51)10-52)18(6-15(17)11(7-49)8-50)24-21(29(43,44)45)3-14(26(34,35)36)4-22(24)30(46,47)48/h1-6H. The van der Waals surface area contributed by atoms with Crippen molar-refractivity contribution in [3.63, 3.8) is 0 Å². The normalized spacial score (nSPS) is 12.7. The summed E-state index contributed by atoms with van der Waals surface area (Å²) in [5.74, 6) is 0. The minimum absolute atomic E-state index is 0.313. The zero-order chi connectivity index (χ0) is 40.2. The largest absolute Gasteiger partial charge is 0.417 e. The van der Waals surface area contributed by atoms with Crippen LogP contribution in [0.15, 0.2) is 36.4 Å². The molecule has 0 fully saturated rings. The number of nitrogens with zero attached hydrogens (tertiary/aromatic N) is 4. The molecule has 0 saturated heterocycles. The summed E-state index contributed by atoms with van der Waals surface area (Å²) < 4.78 is 252. The first-order chi connectivity index (χ1) is 23.4. The van der Waals surface area contributed by atoms with Crippen molar-refractivity contribution in [1.29, 1.82) is 21.0 Å². The van der Waals surface area contributed by atoms with Crippen molar-refractivity contribution in [2.45, 2.75) is 37.1 Å². The molecule has 0 heterocycles. The van der Waals surface area contributed by atoms with Gasteiger partial charge in [0.25, 0.3) is 0 Å². The van der Waals surface area contributed by atoms with Crippen LogP contribution in [0.4, 0.5) is 79.0 Å². The molecule has 0 radical (unpaired) electrons. The molecule has 3 aromatic carbocycles. The topological polar surface area (TPSA) is 95.2 Å². The fourth-order valence-electron chi connectivity index (χ4n) is 4.80. The molecule has 3 rings (SSSR count). The number of halogens is 18. The quantitative estimate of drug-likeness (QED) is 0.243. The van der Waals surface area contributed by atoms with Gasteiger partial charge in [0.2, 0.25) is 0 Å². The van der Waals surface area contributed by atoms with Crippen molar-refractivity contribution in [3.05, 3.63) is 80.2 Å². The molecule has 0 aromatic heterocycles. The molecule has 0 atom stereocenters. The van der Waals surface area contributed by atoms with Gasteiger partial charge in [-0.2, -0.15) is 100 Å². The highest BCUT2D eigenvalue weighted by molar-refractivity contribution is 5.88. The maximum absolute atomic E-state index is 14.3. The van der Waals surface area contributed by atoms with Gasteiger partial charge in [0, 0.05) is 21.6 Å². The van der Waals surface area contributed by atoms with Crippen LogP contribution in [-0.4, -0.2) is 0 Å². The third kappa shape index (κ3) is 7.86. The second-order valence-corrected chi connectivity index (χ2v) is 10.0. The van der Waals surface area contributed by atoms with E-state index in [-0.39, 0.29) is 12.1 Å². The number of nitriles is 4. The molecule has 0 bridgehead atoms. The maximum Gasteiger partial charge on any atom is 0.417 e. The number of rotatable bonds is 2. The smallest absolute Gasteiger partial charge is 0.192 e. The van der Waals surface area contributed by atoms with Crippen LogP contribution in [0, 0.1) is 45.3 Å². The highest BCUT2D eigenvalue weighted by Gasteiger charge is 2.47. The Morgan fingerprint density at radius 1 is 0.346 bits per heavy atom. The lowest BCUT2D eigenvalue weighted by Gasteiger charge is -2.24. The van der Waals surface area contributed by atoms with Gasteiger partial charge >= 0.3 is 37.1 Å². The number of hydrogen-bond acceptors (Lipinski definition) is 4. The van der Waals surface area contributed by atoms with E-state index in [2.05, 4.69) is 0 Å². The molecular formula is C30H6F18N4. The second-order valence-electron chi connectivity index (χ2n) is 10.0. The van der Waals surface area contributed by atoms with Gasteiger partial charge in [-0.25, -0.2) is 0 Å². The van der Waals surface area contributed by atoms with Crippen molar-refractivity contribution in [2.75, 3.05) is 0 Å². The van der Waals surface area contributed by atoms with E-state index in [1.165, 1.54) is 0 Å². The van der Waals surface area contributed by atoms with Gasteiger partial charge in [-0.05, 0) is 47.5 Å². The SMILES string of the molecule is N#CC(C#N)=c1cc(-c2c(C(F)(F)F)cc(C(F)(F)F)cc2C(F)(F)F)c(=C(C#N)C#N)cc1-c1c(C(F)(F)F)cc(C(F)(F)F)cc1C(F)(F)F. The van der Waals surface area contributed by atoms with Crippen LogP contribution in [0.1, 0.15) is 33.4 Å². The Balaban J connectivity index is 3.00. The monoisotopic (exact) mass is 764 g/mol. The van der Waals surface area contributed by atoms with Crippen LogP contribution in [0.5, 0.6) is 0 Å². The lowest BCUT2D eigenvalue weighted by atomic mass is 9.84. The average Bonchev–Trinajstić information content (AvgIpc) is 2.98. The maximum atomic E-state index is 14.3. The molecule has 52 heavy (non-hydrogen) atoms. The second kappa shape index (κ2) is 13.0. The summed E-state index contributed by atoms with van der Waals surface area (Å²) in [7, 11) is 0. The summed E-state index contributed by atoms with van der Waals surface area (Å²) >= 11 is 0. The fourth-order valence-corrected chi connectivity index (χ4v) is 4.80. The Morgan fingerprint density at radius 3 is 0.712 bits per heavy atom. The molecule has 0 N–H and O–H groups in total. The zero-order valence-electron chi connectivity index (χ0n) is 24.1. The molecule has 0 amide bonds. The molecule has 0 unspecified atom stereocenters. The predicted octanol–water partition coefficient (Wildman–Crippen LogP) is 9.53. The zero-order valence-corrected chi connectivity index (χ0v) is 24.1. The molecule has 3 aromatic rings. The first-order valence-electron chi connectivity index (χ1n) is 12.8. The molecule has 0 saturated carbocycles. The molecule has 0 aliphatic heterocycles. The van der Waals surface area contributed by atoms with Gasteiger partial charge in [-0.3, -0.25) is 0 Å². The first-order valence-corrected chi connectivity index (χ1v) is 12.8. The molecular weight excluding hydrogens is 758 g/mol. The van der Waals surface area contributed by atoms with E-state index in [4.69, 9.17) is 0 Å². The van der Waals surface area contributed by atoms with Gasteiger partial charge < -0.3 is 0 Å². The Kier molecular flexibility index (Phi) is 10.1. The van der Waals surface area contributed by atoms with Gasteiger partial charge in [0.1, 0.15) is 35.4 Å². The molecule has 272 valence electrons. The summed E-state index contributed by atoms with van der Waals surface area (Å²) in [4.78, 5) is 0. The lowest BCUT2D eigenvalue weighted by molar-refractivity contribution is -0.150. The average molecular weight is 764 g/mol. The Morgan fingerprint density at radius 2 is 0.558 bits per heavy atom. The van der Waals surface area contributed by atoms with E-state index < -0.39 is 139 Å². The first kappa shape index (κ1) is 40.5. The summed E-state index contributed by atoms with van der Waals surface area (Å²) in [6, 6.07) is -0.637. The van der Waals surface area contributed by atoms with Crippen molar-refractivity contribution < 1.29 is 79.0 Å². The van der Waals surface area contributed by atoms with E-state index in [0.717, 1.165) is 24.3 Å². The number of benzene rings is 3. The third-order valence-electron chi connectivity index (χ3n) is 6.84. The Bertz CT molecular complexity index is 1990. The van der Waals surface area contributed by atoms with Crippen LogP contribution < -0.4 is 10.4 Å². The molecule has 0 aliphatic carbocycles. The van der Waals surface area contributed by atoms with E-state index >= 15 is 0 Å². The minimum atomic E-state index is -6.23. The summed E-state index contributed by atoms with van der Waals surface area (Å²) in [5.41, 5.74) is -28.6. The highest BCUT2D eigenvalue weighted by Crippen LogP contribution is 2.49. The van der Waals surface area contributed by atoms with Crippen molar-refractivity contribution in [2.24, 2.45) is 0 Å². The van der Waals surface area contributed by atoms with Crippen molar-refractivity contribution >= 4 is 11.1 Å². The van der Waals surface area contributed by atoms with Gasteiger partial charge in [0.05, 0.1) is 33.4 Å². The van der Waals surface area contributed by atoms with Crippen molar-refractivity contribution in [3.8, 4) is 46.5 Å². The molecule has 22 heteroatoms. The highest BCUT2D eigenvalue weighted by atomic mass is 19.4. The van der Waals surface area contributed by atoms with Crippen molar-refractivity contribution in [1.82, 2.24) is 0 Å². The van der Waals surface area contributed by atoms with Crippen LogP contribution in [0.2, 0.25) is 0 Å². The minimum Gasteiger partial charge on any atom is -0.192 e. The number of alkyl halides is 18. The van der Waals surface area contributed by atoms with Crippen LogP contribution >= 0.6 is 0 Å². The predicted molar refractivity (Wildman–Crippen MR) is 136 cm³/mol. The van der Waals surface area contributed by atoms with Crippen LogP contribution in [0.25, 0.3) is 33.4 Å². The van der Waals surface area contributed by atoms with E-state index in [9.17, 15) is 100 Å². The molecule has 4 nitrogen and oxygen atoms in total. The van der Waals surface area contributed by atoms with Crippen LogP contribution in [-0.2, 0) is 37.1 Å². The lowest BCUT2D eigenvalue weighted by Crippen LogP contribution is -2.26. The summed E-state index contributed by atoms with van der Waals surface area (Å²) in [6.45, 7) is 0. The third-order valence-corrected chi connectivity index (χ3v) is 6.84. The van der Waals surface area contributed by atoms with Gasteiger partial charge in [0.15, 0.2) is 0 Å². The van der Waals surface area contributed by atoms with Gasteiger partial charge in [-0.1, -0.05) is 0 Å². The Hall–Kier alpha value is -5.90. The molecule has 0 aliphatic rings. The van der Waals surface area contributed by atoms with Crippen LogP contribution in [0.3, 0.4) is 0 Å². The van der Waals surface area contributed by atoms with E-state index in [0.29, 0.717) is 0 Å². The Labute approximate surface area is 275 Å². The molecule has 0 spiro atoms. The number of hydrogen-bond donors (Lipinski definition) is 0. The van der Waals surface area contributed by atoms with Gasteiger partial charge in [-0.15, -0.1) is 0 Å². The van der Waals surface area contributed by atoms with E-state index in [1.807, 2.05) is 0 Å².